The van der Waals surface area contributed by atoms with Gasteiger partial charge in [-0.3, -0.25) is 4.79 Å². The van der Waals surface area contributed by atoms with Crippen molar-refractivity contribution in [3.63, 3.8) is 0 Å². The van der Waals surface area contributed by atoms with Gasteiger partial charge >= 0.3 is 5.97 Å². The second-order valence-corrected chi connectivity index (χ2v) is 8.63. The first-order valence-electron chi connectivity index (χ1n) is 9.70. The first-order valence-corrected chi connectivity index (χ1v) is 11.2. The lowest BCUT2D eigenvalue weighted by Gasteiger charge is -2.15. The van der Waals surface area contributed by atoms with Crippen LogP contribution in [-0.2, 0) is 19.6 Å². The van der Waals surface area contributed by atoms with Gasteiger partial charge in [0.15, 0.2) is 6.10 Å². The lowest BCUT2D eigenvalue weighted by Crippen LogP contribution is -2.36. The number of ether oxygens (including phenoxy) is 1. The third kappa shape index (κ3) is 7.14. The zero-order chi connectivity index (χ0) is 21.3. The van der Waals surface area contributed by atoms with Crippen LogP contribution in [0.15, 0.2) is 53.5 Å². The lowest BCUT2D eigenvalue weighted by atomic mass is 9.97. The van der Waals surface area contributed by atoms with Gasteiger partial charge in [0.25, 0.3) is 5.91 Å². The number of allylic oxidation sites excluding steroid dienone is 1. The molecule has 1 aromatic carbocycles. The molecule has 0 spiro atoms. The summed E-state index contributed by atoms with van der Waals surface area (Å²) in [6.07, 6.45) is 8.12. The number of hydrogen-bond acceptors (Lipinski definition) is 5. The summed E-state index contributed by atoms with van der Waals surface area (Å²) < 4.78 is 31.6. The molecule has 0 saturated heterocycles. The Balaban J connectivity index is 1.84. The normalized spacial score (nSPS) is 15.1. The molecule has 0 unspecified atom stereocenters. The lowest BCUT2D eigenvalue weighted by molar-refractivity contribution is -0.129. The minimum atomic E-state index is -3.66. The highest BCUT2D eigenvalue weighted by Gasteiger charge is 2.20. The monoisotopic (exact) mass is 420 g/mol. The summed E-state index contributed by atoms with van der Waals surface area (Å²) in [5, 5.41) is 2.78. The van der Waals surface area contributed by atoms with E-state index >= 15 is 0 Å². The molecule has 29 heavy (non-hydrogen) atoms. The van der Waals surface area contributed by atoms with Crippen LogP contribution in [0.4, 0.5) is 0 Å². The van der Waals surface area contributed by atoms with Crippen LogP contribution >= 0.6 is 0 Å². The molecule has 8 heteroatoms. The van der Waals surface area contributed by atoms with E-state index in [-0.39, 0.29) is 22.9 Å². The molecule has 0 fully saturated rings. The van der Waals surface area contributed by atoms with Gasteiger partial charge in [-0.1, -0.05) is 17.7 Å². The molecule has 0 heterocycles. The fraction of sp³-hybridized carbons (Fsp3) is 0.429. The quantitative estimate of drug-likeness (QED) is 0.448. The van der Waals surface area contributed by atoms with Crippen molar-refractivity contribution in [2.75, 3.05) is 13.1 Å². The summed E-state index contributed by atoms with van der Waals surface area (Å²) in [5.41, 5.74) is 1.53. The number of benzene rings is 1. The van der Waals surface area contributed by atoms with Crippen molar-refractivity contribution in [1.82, 2.24) is 10.0 Å². The zero-order valence-corrected chi connectivity index (χ0v) is 17.5. The second-order valence-electron chi connectivity index (χ2n) is 6.86. The van der Waals surface area contributed by atoms with E-state index in [0.717, 1.165) is 19.3 Å². The van der Waals surface area contributed by atoms with E-state index in [1.807, 2.05) is 0 Å². The van der Waals surface area contributed by atoms with Gasteiger partial charge in [-0.15, -0.1) is 6.58 Å². The summed E-state index contributed by atoms with van der Waals surface area (Å²) in [7, 11) is -3.66. The number of rotatable bonds is 10. The van der Waals surface area contributed by atoms with Crippen LogP contribution in [0.3, 0.4) is 0 Å². The Morgan fingerprint density at radius 3 is 2.59 bits per heavy atom. The van der Waals surface area contributed by atoms with Gasteiger partial charge in [-0.05, 0) is 63.3 Å². The Bertz CT molecular complexity index is 860. The van der Waals surface area contributed by atoms with Gasteiger partial charge in [0.1, 0.15) is 0 Å². The molecule has 158 valence electrons. The molecule has 1 aromatic rings. The summed E-state index contributed by atoms with van der Waals surface area (Å²) in [6, 6.07) is 5.32. The van der Waals surface area contributed by atoms with Crippen LogP contribution in [0.1, 0.15) is 49.4 Å². The first kappa shape index (κ1) is 22.8. The number of hydrogen-bond donors (Lipinski definition) is 2. The maximum Gasteiger partial charge on any atom is 0.338 e. The maximum atomic E-state index is 12.2. The average Bonchev–Trinajstić information content (AvgIpc) is 2.73. The zero-order valence-electron chi connectivity index (χ0n) is 16.6. The van der Waals surface area contributed by atoms with Crippen molar-refractivity contribution in [1.29, 1.82) is 0 Å². The summed E-state index contributed by atoms with van der Waals surface area (Å²) in [5.74, 6) is -1.05. The Labute approximate surface area is 172 Å². The molecule has 0 aromatic heterocycles. The van der Waals surface area contributed by atoms with E-state index in [2.05, 4.69) is 22.7 Å². The minimum Gasteiger partial charge on any atom is -0.449 e. The van der Waals surface area contributed by atoms with Crippen molar-refractivity contribution < 1.29 is 22.7 Å². The van der Waals surface area contributed by atoms with Crippen molar-refractivity contribution in [2.45, 2.75) is 50.0 Å². The van der Waals surface area contributed by atoms with E-state index in [1.165, 1.54) is 55.7 Å². The number of amides is 1. The molecule has 1 amide bonds. The number of carbonyl (C=O) groups is 2. The SMILES string of the molecule is C=CCNS(=O)(=O)c1ccc(C(=O)O[C@@H](C)C(=O)NCCC2=CCCCC2)cc1. The highest BCUT2D eigenvalue weighted by Crippen LogP contribution is 2.19. The topological polar surface area (TPSA) is 102 Å². The third-order valence-corrected chi connectivity index (χ3v) is 6.04. The van der Waals surface area contributed by atoms with Gasteiger partial charge in [0.05, 0.1) is 10.5 Å². The Hall–Kier alpha value is -2.45. The Morgan fingerprint density at radius 2 is 1.97 bits per heavy atom. The van der Waals surface area contributed by atoms with Gasteiger partial charge in [-0.25, -0.2) is 17.9 Å². The molecular weight excluding hydrogens is 392 g/mol. The van der Waals surface area contributed by atoms with Crippen molar-refractivity contribution in [3.8, 4) is 0 Å². The molecule has 2 rings (SSSR count). The predicted molar refractivity (Wildman–Crippen MR) is 111 cm³/mol. The molecule has 0 bridgehead atoms. The highest BCUT2D eigenvalue weighted by atomic mass is 32.2. The van der Waals surface area contributed by atoms with Crippen molar-refractivity contribution >= 4 is 21.9 Å². The molecule has 0 saturated carbocycles. The van der Waals surface area contributed by atoms with Crippen LogP contribution in [-0.4, -0.2) is 39.5 Å². The largest absolute Gasteiger partial charge is 0.449 e. The van der Waals surface area contributed by atoms with Crippen LogP contribution < -0.4 is 10.0 Å². The third-order valence-electron chi connectivity index (χ3n) is 4.60. The van der Waals surface area contributed by atoms with E-state index in [1.54, 1.807) is 0 Å². The van der Waals surface area contributed by atoms with Crippen molar-refractivity contribution in [2.24, 2.45) is 0 Å². The number of nitrogens with one attached hydrogen (secondary N) is 2. The Morgan fingerprint density at radius 1 is 1.24 bits per heavy atom. The average molecular weight is 421 g/mol. The summed E-state index contributed by atoms with van der Waals surface area (Å²) >= 11 is 0. The van der Waals surface area contributed by atoms with Gasteiger partial charge in [0, 0.05) is 13.1 Å². The van der Waals surface area contributed by atoms with E-state index in [9.17, 15) is 18.0 Å². The molecular formula is C21H28N2O5S. The number of esters is 1. The van der Waals surface area contributed by atoms with Crippen LogP contribution in [0.2, 0.25) is 0 Å². The van der Waals surface area contributed by atoms with Gasteiger partial charge in [0.2, 0.25) is 10.0 Å². The summed E-state index contributed by atoms with van der Waals surface area (Å²) in [4.78, 5) is 24.4. The number of carbonyl (C=O) groups excluding carboxylic acids is 2. The van der Waals surface area contributed by atoms with E-state index in [0.29, 0.717) is 6.54 Å². The fourth-order valence-electron chi connectivity index (χ4n) is 2.93. The van der Waals surface area contributed by atoms with E-state index in [4.69, 9.17) is 4.74 Å². The van der Waals surface area contributed by atoms with Gasteiger partial charge in [-0.2, -0.15) is 0 Å². The fourth-order valence-corrected chi connectivity index (χ4v) is 3.92. The van der Waals surface area contributed by atoms with Gasteiger partial charge < -0.3 is 10.1 Å². The molecule has 1 atom stereocenters. The molecule has 1 aliphatic carbocycles. The van der Waals surface area contributed by atoms with Crippen LogP contribution in [0.5, 0.6) is 0 Å². The number of sulfonamides is 1. The predicted octanol–water partition coefficient (Wildman–Crippen LogP) is 2.70. The molecule has 7 nitrogen and oxygen atoms in total. The maximum absolute atomic E-state index is 12.2. The Kier molecular flexibility index (Phi) is 8.60. The standard InChI is InChI=1S/C21H28N2O5S/c1-3-14-23-29(26,27)19-11-9-18(10-12-19)21(25)28-16(2)20(24)22-15-13-17-7-5-4-6-8-17/h3,7,9-12,16,23H,1,4-6,8,13-15H2,2H3,(H,22,24)/t16-/m0/s1. The van der Waals surface area contributed by atoms with E-state index < -0.39 is 22.1 Å². The second kappa shape index (κ2) is 10.9. The molecule has 0 radical (unpaired) electrons. The molecule has 2 N–H and O–H groups in total. The highest BCUT2D eigenvalue weighted by molar-refractivity contribution is 7.89. The minimum absolute atomic E-state index is 0.0266. The van der Waals surface area contributed by atoms with Crippen molar-refractivity contribution in [3.05, 3.63) is 54.1 Å². The smallest absolute Gasteiger partial charge is 0.338 e. The summed E-state index contributed by atoms with van der Waals surface area (Å²) in [6.45, 7) is 5.58. The van der Waals surface area contributed by atoms with Crippen LogP contribution in [0, 0.1) is 0 Å². The molecule has 0 aliphatic heterocycles. The first-order chi connectivity index (χ1) is 13.8. The molecule has 1 aliphatic rings. The van der Waals surface area contributed by atoms with Crippen LogP contribution in [0.25, 0.3) is 0 Å².